The van der Waals surface area contributed by atoms with Crippen LogP contribution >= 0.6 is 0 Å². The fourth-order valence-electron chi connectivity index (χ4n) is 0.703. The minimum atomic E-state index is 0. The van der Waals surface area contributed by atoms with Gasteiger partial charge in [-0.05, 0) is 12.5 Å². The van der Waals surface area contributed by atoms with Gasteiger partial charge in [0.05, 0.1) is 0 Å². The van der Waals surface area contributed by atoms with Gasteiger partial charge in [-0.25, -0.2) is 0 Å². The summed E-state index contributed by atoms with van der Waals surface area (Å²) in [5.41, 5.74) is 2.47. The molecule has 0 saturated heterocycles. The molecule has 1 rings (SSSR count). The van der Waals surface area contributed by atoms with Crippen LogP contribution in [0.15, 0.2) is 30.8 Å². The predicted octanol–water partition coefficient (Wildman–Crippen LogP) is 2.80. The first-order valence-corrected chi connectivity index (χ1v) is 3.02. The van der Waals surface area contributed by atoms with Crippen LogP contribution in [0.2, 0.25) is 0 Å². The molecular weight excluding hydrogens is 122 g/mol. The number of hydrogen-bond acceptors (Lipinski definition) is 1. The number of benzene rings is 1. The van der Waals surface area contributed by atoms with Crippen molar-refractivity contribution in [1.82, 2.24) is 6.15 Å². The Labute approximate surface area is 62.0 Å². The second kappa shape index (κ2) is 3.85. The van der Waals surface area contributed by atoms with E-state index in [1.807, 2.05) is 6.08 Å². The molecule has 0 atom stereocenters. The largest absolute Gasteiger partial charge is 0.344 e. The number of rotatable bonds is 1. The van der Waals surface area contributed by atoms with Gasteiger partial charge in [-0.3, -0.25) is 0 Å². The zero-order valence-electron chi connectivity index (χ0n) is 6.30. The summed E-state index contributed by atoms with van der Waals surface area (Å²) in [4.78, 5) is 0. The third-order valence-corrected chi connectivity index (χ3v) is 1.31. The minimum absolute atomic E-state index is 0. The molecule has 0 amide bonds. The van der Waals surface area contributed by atoms with E-state index < -0.39 is 0 Å². The molecule has 0 heterocycles. The molecule has 1 heteroatoms. The van der Waals surface area contributed by atoms with Crippen LogP contribution in [-0.2, 0) is 0 Å². The van der Waals surface area contributed by atoms with Crippen molar-refractivity contribution in [2.24, 2.45) is 0 Å². The lowest BCUT2D eigenvalue weighted by atomic mass is 10.2. The summed E-state index contributed by atoms with van der Waals surface area (Å²) in [5, 5.41) is 0. The third kappa shape index (κ3) is 2.03. The van der Waals surface area contributed by atoms with Crippen molar-refractivity contribution in [2.45, 2.75) is 6.92 Å². The van der Waals surface area contributed by atoms with Crippen LogP contribution < -0.4 is 6.15 Å². The molecule has 0 radical (unpaired) electrons. The zero-order valence-corrected chi connectivity index (χ0v) is 6.30. The highest BCUT2D eigenvalue weighted by atomic mass is 14.0. The summed E-state index contributed by atoms with van der Waals surface area (Å²) in [6.45, 7) is 5.74. The third-order valence-electron chi connectivity index (χ3n) is 1.31. The van der Waals surface area contributed by atoms with Gasteiger partial charge in [0.1, 0.15) is 0 Å². The highest BCUT2D eigenvalue weighted by Gasteiger charge is 1.82. The first kappa shape index (κ1) is 8.92. The normalized spacial score (nSPS) is 8.10. The van der Waals surface area contributed by atoms with E-state index in [2.05, 4.69) is 37.8 Å². The molecule has 1 aromatic carbocycles. The van der Waals surface area contributed by atoms with Crippen LogP contribution in [0.3, 0.4) is 0 Å². The molecular formula is C9H13N. The van der Waals surface area contributed by atoms with Crippen LogP contribution in [-0.4, -0.2) is 0 Å². The van der Waals surface area contributed by atoms with Crippen LogP contribution in [0.1, 0.15) is 11.1 Å². The summed E-state index contributed by atoms with van der Waals surface area (Å²) < 4.78 is 0. The van der Waals surface area contributed by atoms with E-state index in [1.54, 1.807) is 0 Å². The van der Waals surface area contributed by atoms with E-state index in [-0.39, 0.29) is 6.15 Å². The Hall–Kier alpha value is -1.08. The Morgan fingerprint density at radius 1 is 1.20 bits per heavy atom. The quantitative estimate of drug-likeness (QED) is 0.631. The smallest absolute Gasteiger partial charge is 0.0262 e. The van der Waals surface area contributed by atoms with Crippen LogP contribution in [0.4, 0.5) is 0 Å². The second-order valence-electron chi connectivity index (χ2n) is 2.11. The lowest BCUT2D eigenvalue weighted by Gasteiger charge is -1.91. The van der Waals surface area contributed by atoms with E-state index in [1.165, 1.54) is 11.1 Å². The first-order chi connectivity index (χ1) is 4.33. The standard InChI is InChI=1S/C9H10.H3N/c1-3-9-6-4-8(2)5-7-9;/h3-7H,1H2,2H3;1H3. The van der Waals surface area contributed by atoms with Crippen molar-refractivity contribution in [2.75, 3.05) is 0 Å². The second-order valence-corrected chi connectivity index (χ2v) is 2.11. The van der Waals surface area contributed by atoms with Gasteiger partial charge >= 0.3 is 0 Å². The lowest BCUT2D eigenvalue weighted by Crippen LogP contribution is -1.71. The maximum absolute atomic E-state index is 3.66. The van der Waals surface area contributed by atoms with Gasteiger partial charge in [-0.1, -0.05) is 42.5 Å². The SMILES string of the molecule is C=Cc1ccc(C)cc1.N. The minimum Gasteiger partial charge on any atom is -0.344 e. The Kier molecular flexibility index (Phi) is 3.44. The van der Waals surface area contributed by atoms with Crippen molar-refractivity contribution in [3.63, 3.8) is 0 Å². The molecule has 1 nitrogen and oxygen atoms in total. The highest BCUT2D eigenvalue weighted by molar-refractivity contribution is 5.46. The van der Waals surface area contributed by atoms with Gasteiger partial charge in [0.2, 0.25) is 0 Å². The molecule has 0 unspecified atom stereocenters. The Bertz CT molecular complexity index is 198. The average Bonchev–Trinajstić information content (AvgIpc) is 1.90. The highest BCUT2D eigenvalue weighted by Crippen LogP contribution is 2.02. The summed E-state index contributed by atoms with van der Waals surface area (Å²) in [5.74, 6) is 0. The van der Waals surface area contributed by atoms with Crippen LogP contribution in [0.5, 0.6) is 0 Å². The topological polar surface area (TPSA) is 35.0 Å². The van der Waals surface area contributed by atoms with E-state index in [0.717, 1.165) is 0 Å². The van der Waals surface area contributed by atoms with E-state index in [0.29, 0.717) is 0 Å². The zero-order chi connectivity index (χ0) is 6.69. The van der Waals surface area contributed by atoms with Gasteiger partial charge in [-0.2, -0.15) is 0 Å². The van der Waals surface area contributed by atoms with Crippen molar-refractivity contribution in [3.8, 4) is 0 Å². The molecule has 0 spiro atoms. The molecule has 0 aromatic heterocycles. The average molecular weight is 135 g/mol. The molecule has 0 fully saturated rings. The van der Waals surface area contributed by atoms with E-state index in [4.69, 9.17) is 0 Å². The Balaban J connectivity index is 0.000000810. The molecule has 0 saturated carbocycles. The molecule has 0 bridgehead atoms. The number of hydrogen-bond donors (Lipinski definition) is 1. The Morgan fingerprint density at radius 2 is 1.70 bits per heavy atom. The molecule has 0 aliphatic heterocycles. The van der Waals surface area contributed by atoms with Crippen molar-refractivity contribution >= 4 is 6.08 Å². The molecule has 0 aliphatic rings. The van der Waals surface area contributed by atoms with Gasteiger partial charge in [0.25, 0.3) is 0 Å². The maximum Gasteiger partial charge on any atom is -0.0262 e. The summed E-state index contributed by atoms with van der Waals surface area (Å²) in [6.07, 6.45) is 1.85. The molecule has 0 aliphatic carbocycles. The van der Waals surface area contributed by atoms with Crippen molar-refractivity contribution in [3.05, 3.63) is 42.0 Å². The van der Waals surface area contributed by atoms with E-state index in [9.17, 15) is 0 Å². The molecule has 10 heavy (non-hydrogen) atoms. The number of aryl methyl sites for hydroxylation is 1. The van der Waals surface area contributed by atoms with Crippen molar-refractivity contribution in [1.29, 1.82) is 0 Å². The van der Waals surface area contributed by atoms with Crippen LogP contribution in [0.25, 0.3) is 6.08 Å². The van der Waals surface area contributed by atoms with E-state index >= 15 is 0 Å². The Morgan fingerprint density at radius 3 is 2.10 bits per heavy atom. The summed E-state index contributed by atoms with van der Waals surface area (Å²) in [7, 11) is 0. The van der Waals surface area contributed by atoms with Gasteiger partial charge in [0, 0.05) is 0 Å². The van der Waals surface area contributed by atoms with Gasteiger partial charge in [0.15, 0.2) is 0 Å². The molecule has 54 valence electrons. The predicted molar refractivity (Wildman–Crippen MR) is 46.3 cm³/mol. The fourth-order valence-corrected chi connectivity index (χ4v) is 0.703. The monoisotopic (exact) mass is 135 g/mol. The fraction of sp³-hybridized carbons (Fsp3) is 0.111. The maximum atomic E-state index is 3.66. The summed E-state index contributed by atoms with van der Waals surface area (Å²) >= 11 is 0. The van der Waals surface area contributed by atoms with Crippen LogP contribution in [0, 0.1) is 6.92 Å². The first-order valence-electron chi connectivity index (χ1n) is 3.02. The molecule has 3 N–H and O–H groups in total. The van der Waals surface area contributed by atoms with Gasteiger partial charge < -0.3 is 6.15 Å². The molecule has 1 aromatic rings. The lowest BCUT2D eigenvalue weighted by molar-refractivity contribution is 1.46. The van der Waals surface area contributed by atoms with Crippen molar-refractivity contribution < 1.29 is 0 Å². The summed E-state index contributed by atoms with van der Waals surface area (Å²) in [6, 6.07) is 8.28. The van der Waals surface area contributed by atoms with Gasteiger partial charge in [-0.15, -0.1) is 0 Å².